The van der Waals surface area contributed by atoms with Gasteiger partial charge in [-0.05, 0) is 12.5 Å². The zero-order valence-corrected chi connectivity index (χ0v) is 9.54. The second-order valence-electron chi connectivity index (χ2n) is 4.82. The van der Waals surface area contributed by atoms with Gasteiger partial charge in [0.1, 0.15) is 5.60 Å². The molecule has 3 nitrogen and oxygen atoms in total. The molecule has 4 atom stereocenters. The molecule has 1 N–H and O–H groups in total. The number of carbonyl (C=O) groups is 1. The molecule has 2 aliphatic rings. The number of aliphatic hydroxyl groups excluding tert-OH is 1. The maximum atomic E-state index is 11.8. The summed E-state index contributed by atoms with van der Waals surface area (Å²) in [5.74, 6) is -0.762. The number of benzene rings is 1. The lowest BCUT2D eigenvalue weighted by molar-refractivity contribution is -0.150. The molecule has 1 aliphatic carbocycles. The molecule has 0 spiro atoms. The third-order valence-electron chi connectivity index (χ3n) is 3.84. The van der Waals surface area contributed by atoms with Crippen LogP contribution in [0.25, 0.3) is 0 Å². The lowest BCUT2D eigenvalue weighted by atomic mass is 9.78. The quantitative estimate of drug-likeness (QED) is 0.589. The summed E-state index contributed by atoms with van der Waals surface area (Å²) in [6.45, 7) is 1.88. The number of carbonyl (C=O) groups excluding carboxylic acids is 1. The van der Waals surface area contributed by atoms with Gasteiger partial charge in [0.2, 0.25) is 0 Å². The number of esters is 1. The average Bonchev–Trinajstić information content (AvgIpc) is 2.83. The summed E-state index contributed by atoms with van der Waals surface area (Å²) in [6.07, 6.45) is 2.83. The molecule has 1 fully saturated rings. The maximum absolute atomic E-state index is 11.8. The van der Waals surface area contributed by atoms with Gasteiger partial charge in [-0.1, -0.05) is 42.5 Å². The molecule has 1 saturated heterocycles. The molecule has 3 heteroatoms. The van der Waals surface area contributed by atoms with Gasteiger partial charge in [0.05, 0.1) is 12.0 Å². The first-order valence-corrected chi connectivity index (χ1v) is 5.78. The van der Waals surface area contributed by atoms with E-state index in [9.17, 15) is 9.90 Å². The van der Waals surface area contributed by atoms with Crippen LogP contribution in [0.2, 0.25) is 0 Å². The molecular weight excluding hydrogens is 216 g/mol. The molecule has 1 aromatic rings. The third kappa shape index (κ3) is 1.35. The van der Waals surface area contributed by atoms with Crippen molar-refractivity contribution in [3.63, 3.8) is 0 Å². The number of rotatable bonds is 1. The highest BCUT2D eigenvalue weighted by atomic mass is 16.6. The summed E-state index contributed by atoms with van der Waals surface area (Å²) < 4.78 is 5.52. The van der Waals surface area contributed by atoms with Gasteiger partial charge in [-0.2, -0.15) is 0 Å². The molecule has 1 heterocycles. The first kappa shape index (κ1) is 10.5. The van der Waals surface area contributed by atoms with Crippen LogP contribution in [-0.2, 0) is 15.1 Å². The SMILES string of the molecule is C[C@]1(c2ccccc2)OC(=O)[C@H]2C=C[C@H](O)[C@H]21. The Bertz CT molecular complexity index is 480. The molecule has 17 heavy (non-hydrogen) atoms. The Kier molecular flexibility index (Phi) is 2.13. The Morgan fingerprint density at radius 3 is 2.65 bits per heavy atom. The number of cyclic esters (lactones) is 1. The summed E-state index contributed by atoms with van der Waals surface area (Å²) in [5.41, 5.74) is 0.204. The van der Waals surface area contributed by atoms with E-state index in [1.54, 1.807) is 12.2 Å². The Labute approximate surface area is 99.7 Å². The molecule has 0 radical (unpaired) electrons. The predicted octanol–water partition coefficient (Wildman–Crippen LogP) is 1.62. The van der Waals surface area contributed by atoms with Crippen LogP contribution in [0.1, 0.15) is 12.5 Å². The van der Waals surface area contributed by atoms with Gasteiger partial charge in [0.25, 0.3) is 0 Å². The molecule has 0 amide bonds. The van der Waals surface area contributed by atoms with Crippen LogP contribution in [0, 0.1) is 11.8 Å². The van der Waals surface area contributed by atoms with Crippen molar-refractivity contribution < 1.29 is 14.6 Å². The fourth-order valence-electron chi connectivity index (χ4n) is 2.94. The van der Waals surface area contributed by atoms with Gasteiger partial charge in [-0.3, -0.25) is 4.79 Å². The van der Waals surface area contributed by atoms with Gasteiger partial charge >= 0.3 is 5.97 Å². The summed E-state index contributed by atoms with van der Waals surface area (Å²) in [4.78, 5) is 11.8. The van der Waals surface area contributed by atoms with Crippen LogP contribution in [0.5, 0.6) is 0 Å². The molecule has 1 aromatic carbocycles. The van der Waals surface area contributed by atoms with Crippen molar-refractivity contribution in [3.05, 3.63) is 48.0 Å². The van der Waals surface area contributed by atoms with Crippen LogP contribution >= 0.6 is 0 Å². The summed E-state index contributed by atoms with van der Waals surface area (Å²) in [6, 6.07) is 9.61. The van der Waals surface area contributed by atoms with E-state index in [1.165, 1.54) is 0 Å². The van der Waals surface area contributed by atoms with Crippen LogP contribution in [0.4, 0.5) is 0 Å². The van der Waals surface area contributed by atoms with Gasteiger partial charge in [0, 0.05) is 5.92 Å². The Morgan fingerprint density at radius 1 is 1.24 bits per heavy atom. The first-order chi connectivity index (χ1) is 8.13. The second-order valence-corrected chi connectivity index (χ2v) is 4.82. The number of ether oxygens (including phenoxy) is 1. The molecular formula is C14H14O3. The van der Waals surface area contributed by atoms with Crippen molar-refractivity contribution in [2.45, 2.75) is 18.6 Å². The van der Waals surface area contributed by atoms with E-state index >= 15 is 0 Å². The van der Waals surface area contributed by atoms with Gasteiger partial charge < -0.3 is 9.84 Å². The zero-order chi connectivity index (χ0) is 12.0. The highest BCUT2D eigenvalue weighted by Gasteiger charge is 2.57. The van der Waals surface area contributed by atoms with E-state index in [-0.39, 0.29) is 17.8 Å². The van der Waals surface area contributed by atoms with Gasteiger partial charge in [-0.15, -0.1) is 0 Å². The highest BCUT2D eigenvalue weighted by Crippen LogP contribution is 2.49. The van der Waals surface area contributed by atoms with Gasteiger partial charge in [0.15, 0.2) is 0 Å². The second kappa shape index (κ2) is 3.44. The molecule has 3 rings (SSSR count). The summed E-state index contributed by atoms with van der Waals surface area (Å²) in [5, 5.41) is 10.00. The highest BCUT2D eigenvalue weighted by molar-refractivity contribution is 5.79. The average molecular weight is 230 g/mol. The van der Waals surface area contributed by atoms with Crippen molar-refractivity contribution in [2.24, 2.45) is 11.8 Å². The minimum atomic E-state index is -0.730. The fourth-order valence-corrected chi connectivity index (χ4v) is 2.94. The van der Waals surface area contributed by atoms with Crippen molar-refractivity contribution in [3.8, 4) is 0 Å². The Hall–Kier alpha value is -1.61. The van der Waals surface area contributed by atoms with E-state index in [0.29, 0.717) is 0 Å². The molecule has 1 aliphatic heterocycles. The molecule has 0 saturated carbocycles. The van der Waals surface area contributed by atoms with E-state index in [1.807, 2.05) is 37.3 Å². The fraction of sp³-hybridized carbons (Fsp3) is 0.357. The minimum absolute atomic E-state index is 0.211. The first-order valence-electron chi connectivity index (χ1n) is 5.78. The predicted molar refractivity (Wildman–Crippen MR) is 62.0 cm³/mol. The minimum Gasteiger partial charge on any atom is -0.454 e. The van der Waals surface area contributed by atoms with E-state index in [2.05, 4.69) is 0 Å². The lowest BCUT2D eigenvalue weighted by Crippen LogP contribution is -2.36. The van der Waals surface area contributed by atoms with Crippen molar-refractivity contribution in [1.82, 2.24) is 0 Å². The maximum Gasteiger partial charge on any atom is 0.314 e. The van der Waals surface area contributed by atoms with Crippen molar-refractivity contribution in [1.29, 1.82) is 0 Å². The van der Waals surface area contributed by atoms with Crippen LogP contribution in [0.15, 0.2) is 42.5 Å². The molecule has 0 bridgehead atoms. The number of hydrogen-bond donors (Lipinski definition) is 1. The number of aliphatic hydroxyl groups is 1. The van der Waals surface area contributed by atoms with E-state index in [0.717, 1.165) is 5.56 Å². The normalized spacial score (nSPS) is 39.2. The summed E-state index contributed by atoms with van der Waals surface area (Å²) >= 11 is 0. The third-order valence-corrected chi connectivity index (χ3v) is 3.84. The van der Waals surface area contributed by atoms with Crippen LogP contribution in [0.3, 0.4) is 0 Å². The van der Waals surface area contributed by atoms with E-state index in [4.69, 9.17) is 4.74 Å². The zero-order valence-electron chi connectivity index (χ0n) is 9.54. The van der Waals surface area contributed by atoms with Crippen molar-refractivity contribution >= 4 is 5.97 Å². The van der Waals surface area contributed by atoms with Crippen LogP contribution in [-0.4, -0.2) is 17.2 Å². The molecule has 0 aromatic heterocycles. The molecule has 0 unspecified atom stereocenters. The summed E-state index contributed by atoms with van der Waals surface area (Å²) in [7, 11) is 0. The standard InChI is InChI=1S/C14H14O3/c1-14(9-5-3-2-4-6-9)12-10(13(16)17-14)7-8-11(12)15/h2-8,10-12,15H,1H3/t10-,11-,12-,14+/m0/s1. The van der Waals surface area contributed by atoms with E-state index < -0.39 is 11.7 Å². The molecule has 88 valence electrons. The smallest absolute Gasteiger partial charge is 0.314 e. The monoisotopic (exact) mass is 230 g/mol. The Morgan fingerprint density at radius 2 is 1.94 bits per heavy atom. The van der Waals surface area contributed by atoms with Crippen LogP contribution < -0.4 is 0 Å². The van der Waals surface area contributed by atoms with Crippen molar-refractivity contribution in [2.75, 3.05) is 0 Å². The van der Waals surface area contributed by atoms with Gasteiger partial charge in [-0.25, -0.2) is 0 Å². The number of fused-ring (bicyclic) bond motifs is 1. The lowest BCUT2D eigenvalue weighted by Gasteiger charge is -2.31. The Balaban J connectivity index is 2.07. The topological polar surface area (TPSA) is 46.5 Å². The number of hydrogen-bond acceptors (Lipinski definition) is 3. The largest absolute Gasteiger partial charge is 0.454 e.